The quantitative estimate of drug-likeness (QED) is 0.769. The molecule has 0 aliphatic heterocycles. The molecule has 0 radical (unpaired) electrons. The van der Waals surface area contributed by atoms with Crippen LogP contribution in [-0.4, -0.2) is 12.6 Å². The van der Waals surface area contributed by atoms with Gasteiger partial charge in [-0.05, 0) is 49.9 Å². The molecule has 0 unspecified atom stereocenters. The molecule has 0 fully saturated rings. The van der Waals surface area contributed by atoms with E-state index in [4.69, 9.17) is 4.74 Å². The van der Waals surface area contributed by atoms with Crippen LogP contribution in [0.15, 0.2) is 24.3 Å². The van der Waals surface area contributed by atoms with Crippen LogP contribution in [0.2, 0.25) is 0 Å². The van der Waals surface area contributed by atoms with E-state index in [1.165, 1.54) is 12.0 Å². The lowest BCUT2D eigenvalue weighted by Crippen LogP contribution is -2.20. The molecule has 1 aromatic rings. The van der Waals surface area contributed by atoms with Crippen molar-refractivity contribution in [2.75, 3.05) is 6.54 Å². The van der Waals surface area contributed by atoms with Gasteiger partial charge in [0.25, 0.3) is 0 Å². The average molecular weight is 249 g/mol. The largest absolute Gasteiger partial charge is 0.491 e. The number of hydrogen-bond acceptors (Lipinski definition) is 2. The molecule has 102 valence electrons. The molecule has 1 rings (SSSR count). The minimum absolute atomic E-state index is 0.231. The van der Waals surface area contributed by atoms with Crippen LogP contribution in [0.3, 0.4) is 0 Å². The molecular formula is C16H27NO. The maximum Gasteiger partial charge on any atom is 0.120 e. The van der Waals surface area contributed by atoms with Crippen molar-refractivity contribution in [2.45, 2.75) is 53.7 Å². The van der Waals surface area contributed by atoms with Gasteiger partial charge in [0.2, 0.25) is 0 Å². The normalized spacial score (nSPS) is 11.9. The van der Waals surface area contributed by atoms with Crippen LogP contribution in [0.4, 0.5) is 0 Å². The highest BCUT2D eigenvalue weighted by Crippen LogP contribution is 2.18. The summed E-state index contributed by atoms with van der Waals surface area (Å²) in [5.74, 6) is 0.958. The van der Waals surface area contributed by atoms with Crippen LogP contribution in [0.1, 0.15) is 46.6 Å². The number of ether oxygens (including phenoxy) is 1. The maximum atomic E-state index is 5.69. The highest BCUT2D eigenvalue weighted by atomic mass is 16.5. The fourth-order valence-electron chi connectivity index (χ4n) is 1.70. The van der Waals surface area contributed by atoms with E-state index in [0.717, 1.165) is 18.8 Å². The molecule has 0 spiro atoms. The van der Waals surface area contributed by atoms with Crippen molar-refractivity contribution in [2.24, 2.45) is 5.41 Å². The standard InChI is InChI=1S/C16H27NO/c1-13(2)18-15-8-6-7-14(11-15)12-17-10-9-16(3,4)5/h6-8,11,13,17H,9-10,12H2,1-5H3. The monoisotopic (exact) mass is 249 g/mol. The Hall–Kier alpha value is -1.02. The number of nitrogens with one attached hydrogen (secondary N) is 1. The van der Waals surface area contributed by atoms with Gasteiger partial charge in [0.05, 0.1) is 6.10 Å². The smallest absolute Gasteiger partial charge is 0.120 e. The summed E-state index contributed by atoms with van der Waals surface area (Å²) < 4.78 is 5.69. The Balaban J connectivity index is 2.38. The van der Waals surface area contributed by atoms with Crippen molar-refractivity contribution in [3.63, 3.8) is 0 Å². The summed E-state index contributed by atoms with van der Waals surface area (Å²) in [6.45, 7) is 12.9. The fourth-order valence-corrected chi connectivity index (χ4v) is 1.70. The van der Waals surface area contributed by atoms with E-state index < -0.39 is 0 Å². The van der Waals surface area contributed by atoms with Gasteiger partial charge in [0.1, 0.15) is 5.75 Å². The van der Waals surface area contributed by atoms with Crippen molar-refractivity contribution >= 4 is 0 Å². The summed E-state index contributed by atoms with van der Waals surface area (Å²) in [6, 6.07) is 8.32. The van der Waals surface area contributed by atoms with Crippen molar-refractivity contribution in [3.05, 3.63) is 29.8 Å². The van der Waals surface area contributed by atoms with Crippen molar-refractivity contribution < 1.29 is 4.74 Å². The highest BCUT2D eigenvalue weighted by Gasteiger charge is 2.08. The second-order valence-corrected chi connectivity index (χ2v) is 6.30. The molecule has 1 aromatic carbocycles. The van der Waals surface area contributed by atoms with Gasteiger partial charge in [0, 0.05) is 6.54 Å². The second-order valence-electron chi connectivity index (χ2n) is 6.30. The molecule has 0 saturated carbocycles. The van der Waals surface area contributed by atoms with E-state index in [-0.39, 0.29) is 6.10 Å². The van der Waals surface area contributed by atoms with E-state index in [9.17, 15) is 0 Å². The first-order chi connectivity index (χ1) is 8.37. The van der Waals surface area contributed by atoms with Gasteiger partial charge in [0.15, 0.2) is 0 Å². The molecule has 0 saturated heterocycles. The van der Waals surface area contributed by atoms with Crippen LogP contribution in [-0.2, 0) is 6.54 Å². The minimum Gasteiger partial charge on any atom is -0.491 e. The van der Waals surface area contributed by atoms with Crippen molar-refractivity contribution in [1.29, 1.82) is 0 Å². The van der Waals surface area contributed by atoms with Crippen LogP contribution in [0, 0.1) is 5.41 Å². The van der Waals surface area contributed by atoms with Gasteiger partial charge in [-0.2, -0.15) is 0 Å². The van der Waals surface area contributed by atoms with Gasteiger partial charge in [-0.1, -0.05) is 32.9 Å². The maximum absolute atomic E-state index is 5.69. The molecule has 2 heteroatoms. The van der Waals surface area contributed by atoms with Crippen LogP contribution >= 0.6 is 0 Å². The lowest BCUT2D eigenvalue weighted by molar-refractivity contribution is 0.242. The molecule has 0 aliphatic carbocycles. The lowest BCUT2D eigenvalue weighted by atomic mass is 9.92. The van der Waals surface area contributed by atoms with Gasteiger partial charge >= 0.3 is 0 Å². The molecule has 18 heavy (non-hydrogen) atoms. The minimum atomic E-state index is 0.231. The average Bonchev–Trinajstić information content (AvgIpc) is 2.23. The molecule has 0 heterocycles. The molecule has 0 aliphatic rings. The summed E-state index contributed by atoms with van der Waals surface area (Å²) in [6.07, 6.45) is 1.42. The summed E-state index contributed by atoms with van der Waals surface area (Å²) in [5, 5.41) is 3.48. The van der Waals surface area contributed by atoms with Gasteiger partial charge in [-0.25, -0.2) is 0 Å². The molecule has 1 N–H and O–H groups in total. The molecule has 2 nitrogen and oxygen atoms in total. The molecule has 0 aromatic heterocycles. The highest BCUT2D eigenvalue weighted by molar-refractivity contribution is 5.28. The Morgan fingerprint density at radius 3 is 2.56 bits per heavy atom. The lowest BCUT2D eigenvalue weighted by Gasteiger charge is -2.18. The molecule has 0 bridgehead atoms. The number of rotatable bonds is 6. The number of hydrogen-bond donors (Lipinski definition) is 1. The summed E-state index contributed by atoms with van der Waals surface area (Å²) in [7, 11) is 0. The Labute approximate surface area is 112 Å². The SMILES string of the molecule is CC(C)Oc1cccc(CNCCC(C)(C)C)c1. The van der Waals surface area contributed by atoms with Gasteiger partial charge < -0.3 is 10.1 Å². The third-order valence-electron chi connectivity index (χ3n) is 2.65. The fraction of sp³-hybridized carbons (Fsp3) is 0.625. The van der Waals surface area contributed by atoms with E-state index in [0.29, 0.717) is 5.41 Å². The van der Waals surface area contributed by atoms with E-state index >= 15 is 0 Å². The first kappa shape index (κ1) is 15.0. The van der Waals surface area contributed by atoms with Gasteiger partial charge in [-0.3, -0.25) is 0 Å². The Morgan fingerprint density at radius 1 is 1.22 bits per heavy atom. The Morgan fingerprint density at radius 2 is 1.94 bits per heavy atom. The Bertz CT molecular complexity index is 352. The van der Waals surface area contributed by atoms with Crippen LogP contribution in [0.5, 0.6) is 5.75 Å². The van der Waals surface area contributed by atoms with Crippen LogP contribution in [0.25, 0.3) is 0 Å². The Kier molecular flexibility index (Phi) is 5.67. The molecular weight excluding hydrogens is 222 g/mol. The third kappa shape index (κ3) is 6.65. The van der Waals surface area contributed by atoms with Crippen molar-refractivity contribution in [1.82, 2.24) is 5.32 Å². The van der Waals surface area contributed by atoms with E-state index in [1.54, 1.807) is 0 Å². The molecule has 0 atom stereocenters. The second kappa shape index (κ2) is 6.79. The number of benzene rings is 1. The summed E-state index contributed by atoms with van der Waals surface area (Å²) >= 11 is 0. The summed E-state index contributed by atoms with van der Waals surface area (Å²) in [5.41, 5.74) is 1.68. The van der Waals surface area contributed by atoms with Gasteiger partial charge in [-0.15, -0.1) is 0 Å². The van der Waals surface area contributed by atoms with E-state index in [1.807, 2.05) is 19.9 Å². The summed E-state index contributed by atoms with van der Waals surface area (Å²) in [4.78, 5) is 0. The topological polar surface area (TPSA) is 21.3 Å². The zero-order valence-electron chi connectivity index (χ0n) is 12.4. The first-order valence-electron chi connectivity index (χ1n) is 6.83. The van der Waals surface area contributed by atoms with Crippen LogP contribution < -0.4 is 10.1 Å². The molecule has 0 amide bonds. The first-order valence-corrected chi connectivity index (χ1v) is 6.83. The zero-order chi connectivity index (χ0) is 13.6. The zero-order valence-corrected chi connectivity index (χ0v) is 12.4. The van der Waals surface area contributed by atoms with Crippen molar-refractivity contribution in [3.8, 4) is 5.75 Å². The predicted molar refractivity (Wildman–Crippen MR) is 78.0 cm³/mol. The third-order valence-corrected chi connectivity index (χ3v) is 2.65. The van der Waals surface area contributed by atoms with E-state index in [2.05, 4.69) is 44.3 Å². The predicted octanol–water partition coefficient (Wildman–Crippen LogP) is 4.00.